The summed E-state index contributed by atoms with van der Waals surface area (Å²) in [5.41, 5.74) is 19.2. The Hall–Kier alpha value is -7.94. The molecule has 1 unspecified atom stereocenters. The summed E-state index contributed by atoms with van der Waals surface area (Å²) in [6.07, 6.45) is 1.91. The molecule has 0 saturated carbocycles. The van der Waals surface area contributed by atoms with Crippen molar-refractivity contribution in [3.63, 3.8) is 0 Å². The highest BCUT2D eigenvalue weighted by Crippen LogP contribution is 2.51. The molecule has 1 atom stereocenters. The molecule has 0 bridgehead atoms. The smallest absolute Gasteiger partial charge is 0.136 e. The fraction of sp³-hybridized carbons (Fsp3) is 0.0492. The molecule has 12 rings (SSSR count). The van der Waals surface area contributed by atoms with E-state index in [1.54, 1.807) is 0 Å². The van der Waals surface area contributed by atoms with E-state index in [0.717, 1.165) is 46.5 Å². The molecule has 0 spiro atoms. The lowest BCUT2D eigenvalue weighted by Crippen LogP contribution is -2.09. The van der Waals surface area contributed by atoms with Gasteiger partial charge in [-0.25, -0.2) is 0 Å². The molecule has 1 aliphatic carbocycles. The Kier molecular flexibility index (Phi) is 9.08. The Bertz CT molecular complexity index is 3380. The summed E-state index contributed by atoms with van der Waals surface area (Å²) < 4.78 is 6.67. The molecule has 0 amide bonds. The number of fused-ring (bicyclic) bond motifs is 7. The number of aryl methyl sites for hydroxylation is 1. The van der Waals surface area contributed by atoms with Crippen molar-refractivity contribution in [2.75, 3.05) is 4.90 Å². The van der Waals surface area contributed by atoms with Crippen molar-refractivity contribution in [1.29, 1.82) is 0 Å². The second kappa shape index (κ2) is 15.5. The van der Waals surface area contributed by atoms with E-state index in [0.29, 0.717) is 0 Å². The summed E-state index contributed by atoms with van der Waals surface area (Å²) in [4.78, 5) is 2.31. The minimum Gasteiger partial charge on any atom is -0.456 e. The van der Waals surface area contributed by atoms with Gasteiger partial charge in [-0.2, -0.15) is 0 Å². The number of hydrogen-bond donors (Lipinski definition) is 0. The van der Waals surface area contributed by atoms with Gasteiger partial charge in [0.2, 0.25) is 0 Å². The number of anilines is 3. The third-order valence-electron chi connectivity index (χ3n) is 13.1. The highest BCUT2D eigenvalue weighted by atomic mass is 16.3. The maximum atomic E-state index is 6.67. The zero-order valence-electron chi connectivity index (χ0n) is 34.8. The first-order valence-corrected chi connectivity index (χ1v) is 22.0. The maximum absolute atomic E-state index is 6.67. The molecule has 63 heavy (non-hydrogen) atoms. The largest absolute Gasteiger partial charge is 0.456 e. The van der Waals surface area contributed by atoms with Crippen LogP contribution in [-0.2, 0) is 6.42 Å². The highest BCUT2D eigenvalue weighted by Gasteiger charge is 2.29. The van der Waals surface area contributed by atoms with E-state index in [-0.39, 0.29) is 5.92 Å². The fourth-order valence-corrected chi connectivity index (χ4v) is 10.1. The molecule has 10 aromatic carbocycles. The first-order chi connectivity index (χ1) is 31.2. The third-order valence-corrected chi connectivity index (χ3v) is 13.1. The summed E-state index contributed by atoms with van der Waals surface area (Å²) in [7, 11) is 0. The van der Waals surface area contributed by atoms with Gasteiger partial charge in [0.05, 0.1) is 0 Å². The van der Waals surface area contributed by atoms with Crippen molar-refractivity contribution < 1.29 is 4.42 Å². The molecule has 2 heteroatoms. The van der Waals surface area contributed by atoms with E-state index in [1.165, 1.54) is 77.4 Å². The molecular weight excluding hydrogens is 763 g/mol. The molecule has 1 heterocycles. The topological polar surface area (TPSA) is 16.4 Å². The van der Waals surface area contributed by atoms with Gasteiger partial charge in [-0.3, -0.25) is 0 Å². The van der Waals surface area contributed by atoms with Crippen LogP contribution in [0.25, 0.3) is 77.2 Å². The normalized spacial score (nSPS) is 13.4. The van der Waals surface area contributed by atoms with E-state index in [2.05, 4.69) is 235 Å². The number of rotatable bonds is 7. The predicted octanol–water partition coefficient (Wildman–Crippen LogP) is 17.0. The summed E-state index contributed by atoms with van der Waals surface area (Å²) in [6, 6.07) is 84.0. The maximum Gasteiger partial charge on any atom is 0.136 e. The van der Waals surface area contributed by atoms with E-state index in [9.17, 15) is 0 Å². The second-order valence-corrected chi connectivity index (χ2v) is 16.8. The number of nitrogens with zero attached hydrogens (tertiary/aromatic N) is 1. The lowest BCUT2D eigenvalue weighted by atomic mass is 9.82. The average molecular weight is 806 g/mol. The van der Waals surface area contributed by atoms with Crippen LogP contribution in [0, 0.1) is 0 Å². The van der Waals surface area contributed by atoms with Crippen LogP contribution in [-0.4, -0.2) is 0 Å². The number of benzene rings is 10. The summed E-state index contributed by atoms with van der Waals surface area (Å²) in [5.74, 6) is 0.200. The molecule has 0 fully saturated rings. The van der Waals surface area contributed by atoms with Gasteiger partial charge in [0.15, 0.2) is 0 Å². The Morgan fingerprint density at radius 2 is 0.968 bits per heavy atom. The van der Waals surface area contributed by atoms with Crippen LogP contribution in [0.2, 0.25) is 0 Å². The summed E-state index contributed by atoms with van der Waals surface area (Å²) >= 11 is 0. The quantitative estimate of drug-likeness (QED) is 0.160. The monoisotopic (exact) mass is 805 g/mol. The van der Waals surface area contributed by atoms with E-state index in [4.69, 9.17) is 4.42 Å². The molecule has 2 nitrogen and oxygen atoms in total. The Morgan fingerprint density at radius 1 is 0.397 bits per heavy atom. The minimum atomic E-state index is 0.200. The van der Waals surface area contributed by atoms with Crippen molar-refractivity contribution in [3.05, 3.63) is 247 Å². The van der Waals surface area contributed by atoms with Gasteiger partial charge in [-0.05, 0) is 140 Å². The van der Waals surface area contributed by atoms with Crippen LogP contribution in [0.15, 0.2) is 235 Å². The van der Waals surface area contributed by atoms with Crippen LogP contribution in [0.1, 0.15) is 29.0 Å². The SMILES string of the molecule is c1ccc(-c2c3c(cc4oc5ccccc5c24)CCC(c2ccc(-c4ccc(N(c5ccccc5)c5ccccc5)cc4)cc2)c2ccc(-c4ccc5ccccc5c4)cc2-3)cc1. The lowest BCUT2D eigenvalue weighted by Gasteiger charge is -2.25. The average Bonchev–Trinajstić information content (AvgIpc) is 3.65. The summed E-state index contributed by atoms with van der Waals surface area (Å²) in [6.45, 7) is 0. The van der Waals surface area contributed by atoms with E-state index in [1.807, 2.05) is 0 Å². The third kappa shape index (κ3) is 6.59. The molecule has 11 aromatic rings. The van der Waals surface area contributed by atoms with Crippen LogP contribution < -0.4 is 4.90 Å². The molecule has 1 aliphatic rings. The number of furan rings is 1. The molecule has 0 radical (unpaired) electrons. The predicted molar refractivity (Wildman–Crippen MR) is 264 cm³/mol. The zero-order valence-corrected chi connectivity index (χ0v) is 34.8. The first kappa shape index (κ1) is 36.9. The van der Waals surface area contributed by atoms with Gasteiger partial charge in [0, 0.05) is 39.3 Å². The molecule has 1 aromatic heterocycles. The first-order valence-electron chi connectivity index (χ1n) is 22.0. The van der Waals surface area contributed by atoms with Gasteiger partial charge < -0.3 is 9.32 Å². The van der Waals surface area contributed by atoms with E-state index < -0.39 is 0 Å². The molecule has 0 aliphatic heterocycles. The van der Waals surface area contributed by atoms with Crippen molar-refractivity contribution in [3.8, 4) is 44.5 Å². The molecule has 0 saturated heterocycles. The molecular formula is C61H43NO. The Balaban J connectivity index is 0.979. The zero-order chi connectivity index (χ0) is 41.7. The van der Waals surface area contributed by atoms with Gasteiger partial charge >= 0.3 is 0 Å². The van der Waals surface area contributed by atoms with Gasteiger partial charge in [0.25, 0.3) is 0 Å². The summed E-state index contributed by atoms with van der Waals surface area (Å²) in [5, 5.41) is 4.84. The second-order valence-electron chi connectivity index (χ2n) is 16.8. The minimum absolute atomic E-state index is 0.200. The van der Waals surface area contributed by atoms with Crippen LogP contribution in [0.5, 0.6) is 0 Å². The Morgan fingerprint density at radius 3 is 1.70 bits per heavy atom. The molecule has 0 N–H and O–H groups in total. The number of hydrogen-bond acceptors (Lipinski definition) is 2. The lowest BCUT2D eigenvalue weighted by molar-refractivity contribution is 0.667. The van der Waals surface area contributed by atoms with Gasteiger partial charge in [-0.1, -0.05) is 170 Å². The van der Waals surface area contributed by atoms with Crippen molar-refractivity contribution in [2.24, 2.45) is 0 Å². The van der Waals surface area contributed by atoms with Crippen LogP contribution >= 0.6 is 0 Å². The van der Waals surface area contributed by atoms with Crippen molar-refractivity contribution in [2.45, 2.75) is 18.8 Å². The fourth-order valence-electron chi connectivity index (χ4n) is 10.1. The van der Waals surface area contributed by atoms with Crippen molar-refractivity contribution in [1.82, 2.24) is 0 Å². The molecule has 298 valence electrons. The van der Waals surface area contributed by atoms with Gasteiger partial charge in [0.1, 0.15) is 11.2 Å². The standard InChI is InChI=1S/C61H43NO/c1-4-15-45(16-5-1)60-59-49(40-58-61(60)55-22-12-13-23-57(55)63-58)33-36-53(54-37-32-48(39-56(54)59)47-29-26-41-14-10-11-17-46(41)38-47)44-27-24-42(25-28-44)43-30-34-52(35-31-43)62(50-18-6-2-7-19-50)51-20-8-3-9-21-51/h1-32,34-35,37-40,53H,33,36H2. The van der Waals surface area contributed by atoms with Crippen LogP contribution in [0.3, 0.4) is 0 Å². The van der Waals surface area contributed by atoms with Crippen molar-refractivity contribution >= 4 is 49.8 Å². The van der Waals surface area contributed by atoms with Crippen LogP contribution in [0.4, 0.5) is 17.1 Å². The Labute approximate surface area is 368 Å². The number of para-hydroxylation sites is 3. The highest BCUT2D eigenvalue weighted by molar-refractivity contribution is 6.17. The van der Waals surface area contributed by atoms with E-state index >= 15 is 0 Å². The van der Waals surface area contributed by atoms with Gasteiger partial charge in [-0.15, -0.1) is 0 Å².